The van der Waals surface area contributed by atoms with Gasteiger partial charge in [0.2, 0.25) is 0 Å². The molecule has 0 amide bonds. The van der Waals surface area contributed by atoms with Crippen molar-refractivity contribution in [1.29, 1.82) is 0 Å². The molecule has 2 aromatic heterocycles. The average Bonchev–Trinajstić information content (AvgIpc) is 2.61. The van der Waals surface area contributed by atoms with E-state index < -0.39 is 5.97 Å². The van der Waals surface area contributed by atoms with Gasteiger partial charge in [0.1, 0.15) is 0 Å². The van der Waals surface area contributed by atoms with Gasteiger partial charge >= 0.3 is 5.97 Å². The molecule has 5 nitrogen and oxygen atoms in total. The molecule has 0 aliphatic carbocycles. The molecule has 0 aliphatic heterocycles. The van der Waals surface area contributed by atoms with Crippen LogP contribution in [0.25, 0.3) is 0 Å². The van der Waals surface area contributed by atoms with Gasteiger partial charge in [0.05, 0.1) is 26.4 Å². The number of hydrogen-bond acceptors (Lipinski definition) is 4. The molecule has 0 unspecified atom stereocenters. The number of nitrogens with zero attached hydrogens (tertiary/aromatic N) is 3. The third-order valence-corrected chi connectivity index (χ3v) is 4.57. The zero-order valence-corrected chi connectivity index (χ0v) is 12.8. The monoisotopic (exact) mass is 341 g/mol. The zero-order chi connectivity index (χ0) is 14.0. The number of carboxylic acid groups (broad SMARTS) is 1. The van der Waals surface area contributed by atoms with Crippen LogP contribution in [0, 0.1) is 6.92 Å². The third-order valence-electron chi connectivity index (χ3n) is 2.60. The van der Waals surface area contributed by atoms with E-state index in [1.54, 1.807) is 6.07 Å². The molecule has 2 aromatic rings. The molecular formula is C12H12BrN3O2S. The van der Waals surface area contributed by atoms with E-state index in [2.05, 4.69) is 26.0 Å². The maximum absolute atomic E-state index is 10.9. The number of carboxylic acids is 1. The van der Waals surface area contributed by atoms with Crippen molar-refractivity contribution in [3.8, 4) is 0 Å². The highest BCUT2D eigenvalue weighted by Crippen LogP contribution is 2.27. The molecule has 2 heterocycles. The minimum Gasteiger partial charge on any atom is -0.478 e. The van der Waals surface area contributed by atoms with Gasteiger partial charge in [-0.15, -0.1) is 0 Å². The van der Waals surface area contributed by atoms with Gasteiger partial charge in [0, 0.05) is 19.0 Å². The summed E-state index contributed by atoms with van der Waals surface area (Å²) in [4.78, 5) is 15.0. The Morgan fingerprint density at radius 3 is 2.89 bits per heavy atom. The van der Waals surface area contributed by atoms with E-state index in [-0.39, 0.29) is 5.56 Å². The van der Waals surface area contributed by atoms with E-state index in [4.69, 9.17) is 5.11 Å². The fourth-order valence-corrected chi connectivity index (χ4v) is 3.22. The predicted octanol–water partition coefficient (Wildman–Crippen LogP) is 2.88. The number of pyridine rings is 1. The number of rotatable bonds is 4. The third kappa shape index (κ3) is 3.16. The SMILES string of the molecule is Cc1nn(C)c(CSc2cc(C(=O)O)ccn2)c1Br. The molecule has 0 radical (unpaired) electrons. The standard InChI is InChI=1S/C12H12BrN3O2S/c1-7-11(13)9(16(2)15-7)6-19-10-5-8(12(17)18)3-4-14-10/h3-5H,6H2,1-2H3,(H,17,18). The fourth-order valence-electron chi connectivity index (χ4n) is 1.60. The number of aromatic nitrogens is 3. The molecule has 0 saturated carbocycles. The number of halogens is 1. The fraction of sp³-hybridized carbons (Fsp3) is 0.250. The van der Waals surface area contributed by atoms with Crippen LogP contribution in [0.5, 0.6) is 0 Å². The van der Waals surface area contributed by atoms with Crippen LogP contribution in [0.4, 0.5) is 0 Å². The first kappa shape index (κ1) is 14.1. The van der Waals surface area contributed by atoms with Gasteiger partial charge in [-0.1, -0.05) is 11.8 Å². The van der Waals surface area contributed by atoms with E-state index in [1.165, 1.54) is 24.0 Å². The summed E-state index contributed by atoms with van der Waals surface area (Å²) in [6, 6.07) is 3.06. The molecule has 2 rings (SSSR count). The highest BCUT2D eigenvalue weighted by Gasteiger charge is 2.12. The van der Waals surface area contributed by atoms with Crippen LogP contribution in [0.3, 0.4) is 0 Å². The van der Waals surface area contributed by atoms with Crippen LogP contribution in [-0.4, -0.2) is 25.8 Å². The van der Waals surface area contributed by atoms with Crippen molar-refractivity contribution in [2.45, 2.75) is 17.7 Å². The van der Waals surface area contributed by atoms with E-state index in [1.807, 2.05) is 18.7 Å². The maximum atomic E-state index is 10.9. The van der Waals surface area contributed by atoms with E-state index in [0.29, 0.717) is 10.8 Å². The van der Waals surface area contributed by atoms with Crippen LogP contribution in [-0.2, 0) is 12.8 Å². The Morgan fingerprint density at radius 1 is 1.58 bits per heavy atom. The van der Waals surface area contributed by atoms with E-state index in [0.717, 1.165) is 15.9 Å². The van der Waals surface area contributed by atoms with E-state index >= 15 is 0 Å². The summed E-state index contributed by atoms with van der Waals surface area (Å²) < 4.78 is 2.80. The number of hydrogen-bond donors (Lipinski definition) is 1. The first-order chi connectivity index (χ1) is 8.99. The summed E-state index contributed by atoms with van der Waals surface area (Å²) in [5.74, 6) is -0.268. The first-order valence-corrected chi connectivity index (χ1v) is 7.27. The Balaban J connectivity index is 2.14. The Labute approximate surface area is 123 Å². The lowest BCUT2D eigenvalue weighted by Gasteiger charge is -2.03. The average molecular weight is 342 g/mol. The summed E-state index contributed by atoms with van der Waals surface area (Å²) in [6.45, 7) is 1.93. The van der Waals surface area contributed by atoms with Crippen molar-refractivity contribution >= 4 is 33.7 Å². The van der Waals surface area contributed by atoms with Crippen molar-refractivity contribution in [3.05, 3.63) is 39.8 Å². The van der Waals surface area contributed by atoms with Crippen molar-refractivity contribution in [1.82, 2.24) is 14.8 Å². The molecule has 7 heteroatoms. The van der Waals surface area contributed by atoms with Gasteiger partial charge in [-0.3, -0.25) is 4.68 Å². The molecule has 0 spiro atoms. The van der Waals surface area contributed by atoms with Crippen molar-refractivity contribution < 1.29 is 9.90 Å². The van der Waals surface area contributed by atoms with Gasteiger partial charge in [-0.05, 0) is 35.0 Å². The molecule has 1 N–H and O–H groups in total. The highest BCUT2D eigenvalue weighted by atomic mass is 79.9. The summed E-state index contributed by atoms with van der Waals surface area (Å²) >= 11 is 4.98. The molecule has 0 fully saturated rings. The normalized spacial score (nSPS) is 10.7. The quantitative estimate of drug-likeness (QED) is 0.866. The first-order valence-electron chi connectivity index (χ1n) is 5.49. The Kier molecular flexibility index (Phi) is 4.26. The van der Waals surface area contributed by atoms with Gasteiger partial charge in [0.25, 0.3) is 0 Å². The summed E-state index contributed by atoms with van der Waals surface area (Å²) in [5.41, 5.74) is 2.23. The molecule has 0 bridgehead atoms. The Bertz CT molecular complexity index is 627. The lowest BCUT2D eigenvalue weighted by molar-refractivity contribution is 0.0696. The molecule has 19 heavy (non-hydrogen) atoms. The zero-order valence-electron chi connectivity index (χ0n) is 10.4. The summed E-state index contributed by atoms with van der Waals surface area (Å²) in [5, 5.41) is 13.9. The van der Waals surface area contributed by atoms with Gasteiger partial charge < -0.3 is 5.11 Å². The second-order valence-electron chi connectivity index (χ2n) is 3.95. The second-order valence-corrected chi connectivity index (χ2v) is 5.73. The van der Waals surface area contributed by atoms with E-state index in [9.17, 15) is 4.79 Å². The van der Waals surface area contributed by atoms with Crippen molar-refractivity contribution in [2.75, 3.05) is 0 Å². The summed E-state index contributed by atoms with van der Waals surface area (Å²) in [7, 11) is 1.88. The smallest absolute Gasteiger partial charge is 0.335 e. The molecule has 0 aromatic carbocycles. The topological polar surface area (TPSA) is 68.0 Å². The second kappa shape index (κ2) is 5.75. The van der Waals surface area contributed by atoms with Gasteiger partial charge in [-0.2, -0.15) is 5.10 Å². The lowest BCUT2D eigenvalue weighted by Crippen LogP contribution is -1.98. The number of carbonyl (C=O) groups is 1. The molecule has 0 saturated heterocycles. The molecule has 0 atom stereocenters. The van der Waals surface area contributed by atoms with Crippen LogP contribution in [0.15, 0.2) is 27.8 Å². The van der Waals surface area contributed by atoms with Crippen molar-refractivity contribution in [2.24, 2.45) is 7.05 Å². The highest BCUT2D eigenvalue weighted by molar-refractivity contribution is 9.10. The number of aromatic carboxylic acids is 1. The predicted molar refractivity (Wildman–Crippen MR) is 76.4 cm³/mol. The maximum Gasteiger partial charge on any atom is 0.335 e. The van der Waals surface area contributed by atoms with Crippen LogP contribution >= 0.6 is 27.7 Å². The molecule has 100 valence electrons. The minimum atomic E-state index is -0.943. The summed E-state index contributed by atoms with van der Waals surface area (Å²) in [6.07, 6.45) is 1.51. The largest absolute Gasteiger partial charge is 0.478 e. The lowest BCUT2D eigenvalue weighted by atomic mass is 10.3. The number of aryl methyl sites for hydroxylation is 2. The number of thioether (sulfide) groups is 1. The minimum absolute atomic E-state index is 0.248. The molecular weight excluding hydrogens is 330 g/mol. The van der Waals surface area contributed by atoms with Crippen molar-refractivity contribution in [3.63, 3.8) is 0 Å². The van der Waals surface area contributed by atoms with Gasteiger partial charge in [0.15, 0.2) is 0 Å². The Hall–Kier alpha value is -1.34. The van der Waals surface area contributed by atoms with Crippen LogP contribution in [0.2, 0.25) is 0 Å². The van der Waals surface area contributed by atoms with Gasteiger partial charge in [-0.25, -0.2) is 9.78 Å². The van der Waals surface area contributed by atoms with Crippen LogP contribution in [0.1, 0.15) is 21.7 Å². The Morgan fingerprint density at radius 2 is 2.32 bits per heavy atom. The molecule has 0 aliphatic rings. The van der Waals surface area contributed by atoms with Crippen LogP contribution < -0.4 is 0 Å².